The molecule has 0 saturated carbocycles. The standard InChI is InChI=1S/C19H31NO2/c1-4-5-6-7-8-9-10-11-13-16-14-12-15-17(19(21)22)18(16)20(2)3/h12,14-15H,4-11,13H2,1-3H3,(H,21,22). The highest BCUT2D eigenvalue weighted by Gasteiger charge is 2.15. The zero-order valence-corrected chi connectivity index (χ0v) is 14.4. The van der Waals surface area contributed by atoms with Gasteiger partial charge < -0.3 is 14.8 Å². The molecule has 1 aromatic rings. The van der Waals surface area contributed by atoms with Crippen LogP contribution in [0.1, 0.15) is 74.2 Å². The van der Waals surface area contributed by atoms with Gasteiger partial charge in [0.15, 0.2) is 0 Å². The van der Waals surface area contributed by atoms with Gasteiger partial charge in [-0.1, -0.05) is 64.0 Å². The molecule has 124 valence electrons. The number of aryl methyl sites for hydroxylation is 1. The average Bonchev–Trinajstić information content (AvgIpc) is 2.49. The van der Waals surface area contributed by atoms with E-state index in [1.54, 1.807) is 6.07 Å². The van der Waals surface area contributed by atoms with Crippen LogP contribution < -0.4 is 10.0 Å². The van der Waals surface area contributed by atoms with E-state index in [4.69, 9.17) is 0 Å². The zero-order chi connectivity index (χ0) is 16.4. The van der Waals surface area contributed by atoms with Crippen molar-refractivity contribution in [2.24, 2.45) is 0 Å². The summed E-state index contributed by atoms with van der Waals surface area (Å²) in [5.74, 6) is -1.08. The molecule has 0 heterocycles. The number of rotatable bonds is 11. The van der Waals surface area contributed by atoms with Gasteiger partial charge in [0, 0.05) is 5.56 Å². The number of carbonyl (C=O) groups is 1. The van der Waals surface area contributed by atoms with Gasteiger partial charge in [0.05, 0.1) is 25.6 Å². The van der Waals surface area contributed by atoms with E-state index < -0.39 is 5.97 Å². The molecular formula is C19H31NO2. The SMILES string of the molecule is CCCCCCCCCCc1cccc(C(=O)[O-])c1[NH+](C)C. The van der Waals surface area contributed by atoms with Gasteiger partial charge in [-0.25, -0.2) is 0 Å². The van der Waals surface area contributed by atoms with Crippen molar-refractivity contribution in [2.45, 2.75) is 64.7 Å². The molecule has 0 spiro atoms. The van der Waals surface area contributed by atoms with Gasteiger partial charge in [-0.15, -0.1) is 0 Å². The minimum Gasteiger partial charge on any atom is -0.545 e. The lowest BCUT2D eigenvalue weighted by atomic mass is 9.99. The Kier molecular flexibility index (Phi) is 8.83. The fourth-order valence-corrected chi connectivity index (χ4v) is 3.02. The highest BCUT2D eigenvalue weighted by molar-refractivity contribution is 5.91. The molecule has 22 heavy (non-hydrogen) atoms. The monoisotopic (exact) mass is 305 g/mol. The maximum absolute atomic E-state index is 11.3. The van der Waals surface area contributed by atoms with Crippen molar-refractivity contribution in [2.75, 3.05) is 14.1 Å². The molecule has 0 saturated heterocycles. The third kappa shape index (κ3) is 6.18. The summed E-state index contributed by atoms with van der Waals surface area (Å²) < 4.78 is 0. The number of aromatic carboxylic acids is 1. The summed E-state index contributed by atoms with van der Waals surface area (Å²) in [7, 11) is 3.94. The first kappa shape index (κ1) is 18.7. The van der Waals surface area contributed by atoms with Crippen LogP contribution in [0.25, 0.3) is 0 Å². The van der Waals surface area contributed by atoms with Gasteiger partial charge in [0.2, 0.25) is 0 Å². The second-order valence-corrected chi connectivity index (χ2v) is 6.35. The molecule has 3 nitrogen and oxygen atoms in total. The number of benzene rings is 1. The number of carboxylic acid groups (broad SMARTS) is 1. The molecule has 0 aliphatic carbocycles. The van der Waals surface area contributed by atoms with Gasteiger partial charge in [0.25, 0.3) is 0 Å². The Morgan fingerprint density at radius 3 is 2.14 bits per heavy atom. The molecule has 0 bridgehead atoms. The Hall–Kier alpha value is -1.35. The smallest absolute Gasteiger partial charge is 0.143 e. The number of hydrogen-bond donors (Lipinski definition) is 1. The molecule has 3 heteroatoms. The van der Waals surface area contributed by atoms with Crippen molar-refractivity contribution < 1.29 is 14.8 Å². The number of quaternary nitrogens is 1. The first-order chi connectivity index (χ1) is 10.6. The van der Waals surface area contributed by atoms with Gasteiger partial charge in [-0.3, -0.25) is 0 Å². The molecule has 1 aromatic carbocycles. The second-order valence-electron chi connectivity index (χ2n) is 6.35. The van der Waals surface area contributed by atoms with Crippen LogP contribution in [-0.4, -0.2) is 20.1 Å². The van der Waals surface area contributed by atoms with Crippen LogP contribution in [0.4, 0.5) is 5.69 Å². The number of carbonyl (C=O) groups excluding carboxylic acids is 1. The van der Waals surface area contributed by atoms with Gasteiger partial charge in [0.1, 0.15) is 5.69 Å². The summed E-state index contributed by atoms with van der Waals surface area (Å²) in [5.41, 5.74) is 2.36. The lowest BCUT2D eigenvalue weighted by molar-refractivity contribution is -0.787. The minimum atomic E-state index is -1.08. The van der Waals surface area contributed by atoms with Gasteiger partial charge in [-0.05, 0) is 18.9 Å². The van der Waals surface area contributed by atoms with E-state index in [2.05, 4.69) is 13.0 Å². The molecule has 0 atom stereocenters. The molecule has 0 radical (unpaired) electrons. The van der Waals surface area contributed by atoms with Crippen molar-refractivity contribution in [1.82, 2.24) is 0 Å². The minimum absolute atomic E-state index is 0.331. The fourth-order valence-electron chi connectivity index (χ4n) is 3.02. The van der Waals surface area contributed by atoms with E-state index in [1.165, 1.54) is 44.9 Å². The number of nitrogens with one attached hydrogen (secondary N) is 1. The normalized spacial score (nSPS) is 11.1. The van der Waals surface area contributed by atoms with E-state index in [1.807, 2.05) is 20.2 Å². The fraction of sp³-hybridized carbons (Fsp3) is 0.632. The molecule has 1 rings (SSSR count). The summed E-state index contributed by atoms with van der Waals surface area (Å²) in [6, 6.07) is 5.53. The van der Waals surface area contributed by atoms with Crippen LogP contribution in [0.5, 0.6) is 0 Å². The van der Waals surface area contributed by atoms with E-state index in [-0.39, 0.29) is 0 Å². The maximum Gasteiger partial charge on any atom is 0.143 e. The van der Waals surface area contributed by atoms with Gasteiger partial charge >= 0.3 is 0 Å². The predicted octanol–water partition coefficient (Wildman–Crippen LogP) is 2.51. The zero-order valence-electron chi connectivity index (χ0n) is 14.4. The van der Waals surface area contributed by atoms with Crippen LogP contribution in [-0.2, 0) is 6.42 Å². The maximum atomic E-state index is 11.3. The van der Waals surface area contributed by atoms with Crippen LogP contribution in [0.3, 0.4) is 0 Å². The summed E-state index contributed by atoms with van der Waals surface area (Å²) >= 11 is 0. The molecule has 0 aromatic heterocycles. The molecule has 0 aliphatic heterocycles. The lowest BCUT2D eigenvalue weighted by Crippen LogP contribution is -3.01. The quantitative estimate of drug-likeness (QED) is 0.638. The molecule has 0 amide bonds. The third-order valence-electron chi connectivity index (χ3n) is 4.17. The number of unbranched alkanes of at least 4 members (excludes halogenated alkanes) is 7. The highest BCUT2D eigenvalue weighted by Crippen LogP contribution is 2.19. The van der Waals surface area contributed by atoms with E-state index in [0.717, 1.165) is 29.0 Å². The Morgan fingerprint density at radius 2 is 1.59 bits per heavy atom. The Bertz CT molecular complexity index is 455. The second kappa shape index (κ2) is 10.4. The van der Waals surface area contributed by atoms with Crippen molar-refractivity contribution in [1.29, 1.82) is 0 Å². The molecule has 0 aliphatic rings. The van der Waals surface area contributed by atoms with Crippen LogP contribution in [0.15, 0.2) is 18.2 Å². The average molecular weight is 305 g/mol. The lowest BCUT2D eigenvalue weighted by Gasteiger charge is -2.17. The summed E-state index contributed by atoms with van der Waals surface area (Å²) in [6.07, 6.45) is 11.3. The Morgan fingerprint density at radius 1 is 1.00 bits per heavy atom. The molecule has 1 N–H and O–H groups in total. The first-order valence-corrected chi connectivity index (χ1v) is 8.71. The molecular weight excluding hydrogens is 274 g/mol. The Balaban J connectivity index is 2.46. The Labute approximate surface area is 135 Å². The summed E-state index contributed by atoms with van der Waals surface area (Å²) in [4.78, 5) is 12.3. The first-order valence-electron chi connectivity index (χ1n) is 8.71. The highest BCUT2D eigenvalue weighted by atomic mass is 16.4. The molecule has 0 unspecified atom stereocenters. The van der Waals surface area contributed by atoms with E-state index in [9.17, 15) is 9.90 Å². The van der Waals surface area contributed by atoms with Crippen molar-refractivity contribution in [3.8, 4) is 0 Å². The molecule has 0 fully saturated rings. The summed E-state index contributed by atoms with van der Waals surface area (Å²) in [6.45, 7) is 2.24. The topological polar surface area (TPSA) is 44.6 Å². The number of hydrogen-bond acceptors (Lipinski definition) is 2. The number of para-hydroxylation sites is 1. The van der Waals surface area contributed by atoms with E-state index >= 15 is 0 Å². The third-order valence-corrected chi connectivity index (χ3v) is 4.17. The van der Waals surface area contributed by atoms with Crippen molar-refractivity contribution >= 4 is 11.7 Å². The van der Waals surface area contributed by atoms with Crippen molar-refractivity contribution in [3.63, 3.8) is 0 Å². The number of carboxylic acids is 1. The summed E-state index contributed by atoms with van der Waals surface area (Å²) in [5, 5.41) is 11.3. The van der Waals surface area contributed by atoms with Gasteiger partial charge in [-0.2, -0.15) is 0 Å². The van der Waals surface area contributed by atoms with Crippen molar-refractivity contribution in [3.05, 3.63) is 29.3 Å². The predicted molar refractivity (Wildman–Crippen MR) is 89.6 cm³/mol. The van der Waals surface area contributed by atoms with E-state index in [0.29, 0.717) is 5.56 Å². The largest absolute Gasteiger partial charge is 0.545 e. The van der Waals surface area contributed by atoms with Crippen LogP contribution in [0, 0.1) is 0 Å². The van der Waals surface area contributed by atoms with Crippen LogP contribution >= 0.6 is 0 Å². The van der Waals surface area contributed by atoms with Crippen LogP contribution in [0.2, 0.25) is 0 Å².